The Morgan fingerprint density at radius 1 is 0.970 bits per heavy atom. The molecule has 8 heteroatoms. The highest BCUT2D eigenvalue weighted by Crippen LogP contribution is 2.19. The van der Waals surface area contributed by atoms with Gasteiger partial charge in [-0.3, -0.25) is 4.79 Å². The zero-order valence-electron chi connectivity index (χ0n) is 18.6. The third-order valence-electron chi connectivity index (χ3n) is 5.77. The molecule has 0 bridgehead atoms. The van der Waals surface area contributed by atoms with E-state index in [1.165, 1.54) is 25.0 Å². The highest BCUT2D eigenvalue weighted by molar-refractivity contribution is 7.89. The Morgan fingerprint density at radius 3 is 2.48 bits per heavy atom. The maximum absolute atomic E-state index is 12.9. The van der Waals surface area contributed by atoms with Gasteiger partial charge in [0.2, 0.25) is 10.0 Å². The second-order valence-electron chi connectivity index (χ2n) is 8.19. The third-order valence-corrected chi connectivity index (χ3v) is 7.17. The van der Waals surface area contributed by atoms with Gasteiger partial charge in [-0.2, -0.15) is 0 Å². The summed E-state index contributed by atoms with van der Waals surface area (Å²) in [5, 5.41) is 2.91. The van der Waals surface area contributed by atoms with Gasteiger partial charge in [-0.15, -0.1) is 0 Å². The van der Waals surface area contributed by atoms with Gasteiger partial charge in [-0.1, -0.05) is 36.4 Å². The highest BCUT2D eigenvalue weighted by Gasteiger charge is 2.18. The number of hydrogen-bond acceptors (Lipinski definition) is 5. The van der Waals surface area contributed by atoms with Crippen LogP contribution in [0, 0.1) is 6.92 Å². The van der Waals surface area contributed by atoms with Crippen LogP contribution in [0.3, 0.4) is 0 Å². The van der Waals surface area contributed by atoms with Crippen LogP contribution in [-0.4, -0.2) is 32.4 Å². The molecule has 4 rings (SSSR count). The number of pyridine rings is 1. The molecule has 1 fully saturated rings. The summed E-state index contributed by atoms with van der Waals surface area (Å²) in [7, 11) is -3.76. The number of nitrogens with one attached hydrogen (secondary N) is 2. The fraction of sp³-hybridized carbons (Fsp3) is 0.280. The molecule has 172 valence electrons. The van der Waals surface area contributed by atoms with Gasteiger partial charge in [-0.25, -0.2) is 18.1 Å². The van der Waals surface area contributed by atoms with Crippen LogP contribution in [0.1, 0.15) is 39.9 Å². The fourth-order valence-electron chi connectivity index (χ4n) is 3.84. The van der Waals surface area contributed by atoms with Crippen molar-refractivity contribution in [1.82, 2.24) is 15.0 Å². The summed E-state index contributed by atoms with van der Waals surface area (Å²) in [4.78, 5) is 19.6. The van der Waals surface area contributed by atoms with Gasteiger partial charge in [0, 0.05) is 37.9 Å². The number of anilines is 1. The summed E-state index contributed by atoms with van der Waals surface area (Å²) in [6.45, 7) is 4.31. The van der Waals surface area contributed by atoms with Crippen molar-refractivity contribution < 1.29 is 13.2 Å². The smallest absolute Gasteiger partial charge is 0.251 e. The first-order valence-corrected chi connectivity index (χ1v) is 12.5. The maximum Gasteiger partial charge on any atom is 0.251 e. The predicted molar refractivity (Wildman–Crippen MR) is 129 cm³/mol. The van der Waals surface area contributed by atoms with E-state index in [2.05, 4.69) is 19.9 Å². The van der Waals surface area contributed by atoms with E-state index in [9.17, 15) is 13.2 Å². The summed E-state index contributed by atoms with van der Waals surface area (Å²) < 4.78 is 28.2. The van der Waals surface area contributed by atoms with Crippen LogP contribution in [0.2, 0.25) is 0 Å². The Labute approximate surface area is 194 Å². The van der Waals surface area contributed by atoms with Gasteiger partial charge in [0.1, 0.15) is 5.82 Å². The number of aromatic nitrogens is 1. The lowest BCUT2D eigenvalue weighted by atomic mass is 10.1. The van der Waals surface area contributed by atoms with Gasteiger partial charge in [0.15, 0.2) is 0 Å². The Kier molecular flexibility index (Phi) is 7.05. The summed E-state index contributed by atoms with van der Waals surface area (Å²) >= 11 is 0. The molecule has 0 saturated carbocycles. The van der Waals surface area contributed by atoms with E-state index in [-0.39, 0.29) is 17.3 Å². The Bertz CT molecular complexity index is 1220. The second kappa shape index (κ2) is 10.1. The quantitative estimate of drug-likeness (QED) is 0.533. The van der Waals surface area contributed by atoms with E-state index >= 15 is 0 Å². The Balaban J connectivity index is 1.43. The highest BCUT2D eigenvalue weighted by atomic mass is 32.2. The summed E-state index contributed by atoms with van der Waals surface area (Å²) in [5.41, 5.74) is 2.86. The van der Waals surface area contributed by atoms with Gasteiger partial charge in [0.25, 0.3) is 5.91 Å². The first kappa shape index (κ1) is 22.9. The van der Waals surface area contributed by atoms with E-state index in [4.69, 9.17) is 0 Å². The van der Waals surface area contributed by atoms with Crippen molar-refractivity contribution in [3.8, 4) is 0 Å². The second-order valence-corrected chi connectivity index (χ2v) is 9.95. The van der Waals surface area contributed by atoms with Crippen LogP contribution in [0.25, 0.3) is 0 Å². The van der Waals surface area contributed by atoms with E-state index in [0.717, 1.165) is 30.0 Å². The number of amides is 1. The molecule has 0 unspecified atom stereocenters. The van der Waals surface area contributed by atoms with Gasteiger partial charge in [-0.05, 0) is 60.7 Å². The van der Waals surface area contributed by atoms with Crippen molar-refractivity contribution in [1.29, 1.82) is 0 Å². The van der Waals surface area contributed by atoms with Gasteiger partial charge < -0.3 is 10.2 Å². The van der Waals surface area contributed by atoms with Crippen molar-refractivity contribution in [3.05, 3.63) is 89.1 Å². The molecule has 2 aromatic carbocycles. The molecule has 33 heavy (non-hydrogen) atoms. The lowest BCUT2D eigenvalue weighted by Gasteiger charge is -2.17. The first-order valence-electron chi connectivity index (χ1n) is 11.0. The Morgan fingerprint density at radius 2 is 1.73 bits per heavy atom. The fourth-order valence-corrected chi connectivity index (χ4v) is 4.88. The summed E-state index contributed by atoms with van der Waals surface area (Å²) in [6, 6.07) is 17.8. The van der Waals surface area contributed by atoms with Crippen molar-refractivity contribution in [2.24, 2.45) is 0 Å². The average Bonchev–Trinajstić information content (AvgIpc) is 3.37. The molecule has 1 aliphatic heterocycles. The average molecular weight is 465 g/mol. The zero-order chi connectivity index (χ0) is 23.3. The molecule has 0 atom stereocenters. The number of aryl methyl sites for hydroxylation is 1. The molecule has 3 aromatic rings. The number of nitrogens with zero attached hydrogens (tertiary/aromatic N) is 2. The van der Waals surface area contributed by atoms with E-state index < -0.39 is 10.0 Å². The Hall–Kier alpha value is -3.23. The number of carbonyl (C=O) groups is 1. The largest absolute Gasteiger partial charge is 0.357 e. The normalized spacial score (nSPS) is 13.8. The minimum atomic E-state index is -3.76. The minimum Gasteiger partial charge on any atom is -0.357 e. The van der Waals surface area contributed by atoms with Crippen LogP contribution >= 0.6 is 0 Å². The molecule has 1 aromatic heterocycles. The first-order chi connectivity index (χ1) is 15.9. The molecular formula is C25H28N4O3S. The van der Waals surface area contributed by atoms with Crippen molar-refractivity contribution in [2.75, 3.05) is 18.0 Å². The number of sulfonamides is 1. The standard InChI is InChI=1S/C25H28N4O3S/c1-19-9-10-22(33(31,32)28-18-20-7-3-2-4-8-20)16-23(19)25(30)27-17-21-11-12-26-24(15-21)29-13-5-6-14-29/h2-4,7-12,15-16,28H,5-6,13-14,17-18H2,1H3,(H,27,30). The summed E-state index contributed by atoms with van der Waals surface area (Å²) in [6.07, 6.45) is 4.09. The van der Waals surface area contributed by atoms with E-state index in [1.807, 2.05) is 42.5 Å². The summed E-state index contributed by atoms with van der Waals surface area (Å²) in [5.74, 6) is 0.611. The van der Waals surface area contributed by atoms with Crippen LogP contribution < -0.4 is 14.9 Å². The lowest BCUT2D eigenvalue weighted by Crippen LogP contribution is -2.26. The monoisotopic (exact) mass is 464 g/mol. The van der Waals surface area contributed by atoms with Gasteiger partial charge >= 0.3 is 0 Å². The SMILES string of the molecule is Cc1ccc(S(=O)(=O)NCc2ccccc2)cc1C(=O)NCc1ccnc(N2CCCC2)c1. The zero-order valence-corrected chi connectivity index (χ0v) is 19.4. The molecule has 1 saturated heterocycles. The number of benzene rings is 2. The maximum atomic E-state index is 12.9. The molecule has 7 nitrogen and oxygen atoms in total. The molecule has 0 aliphatic carbocycles. The lowest BCUT2D eigenvalue weighted by molar-refractivity contribution is 0.0950. The van der Waals surface area contributed by atoms with Crippen LogP contribution in [0.5, 0.6) is 0 Å². The van der Waals surface area contributed by atoms with Crippen molar-refractivity contribution in [3.63, 3.8) is 0 Å². The topological polar surface area (TPSA) is 91.4 Å². The molecule has 2 heterocycles. The molecule has 0 spiro atoms. The number of carbonyl (C=O) groups excluding carboxylic acids is 1. The molecular weight excluding hydrogens is 436 g/mol. The third kappa shape index (κ3) is 5.77. The van der Waals surface area contributed by atoms with E-state index in [1.54, 1.807) is 19.2 Å². The predicted octanol–water partition coefficient (Wildman–Crippen LogP) is 3.40. The number of hydrogen-bond donors (Lipinski definition) is 2. The molecule has 1 aliphatic rings. The van der Waals surface area contributed by atoms with Crippen molar-refractivity contribution in [2.45, 2.75) is 37.8 Å². The van der Waals surface area contributed by atoms with Crippen LogP contribution in [0.4, 0.5) is 5.82 Å². The number of rotatable bonds is 8. The van der Waals surface area contributed by atoms with Crippen molar-refractivity contribution >= 4 is 21.7 Å². The van der Waals surface area contributed by atoms with E-state index in [0.29, 0.717) is 17.7 Å². The molecule has 1 amide bonds. The van der Waals surface area contributed by atoms with Gasteiger partial charge in [0.05, 0.1) is 4.90 Å². The van der Waals surface area contributed by atoms with Crippen LogP contribution in [0.15, 0.2) is 71.8 Å². The molecule has 0 radical (unpaired) electrons. The minimum absolute atomic E-state index is 0.0643. The molecule has 2 N–H and O–H groups in total. The van der Waals surface area contributed by atoms with Crippen LogP contribution in [-0.2, 0) is 23.1 Å².